The van der Waals surface area contributed by atoms with Crippen LogP contribution in [-0.4, -0.2) is 66.9 Å². The monoisotopic (exact) mass is 334 g/mol. The average Bonchev–Trinajstić information content (AvgIpc) is 2.55. The van der Waals surface area contributed by atoms with Crippen molar-refractivity contribution in [3.8, 4) is 6.07 Å². The van der Waals surface area contributed by atoms with E-state index in [1.165, 1.54) is 5.56 Å². The van der Waals surface area contributed by atoms with E-state index in [-0.39, 0.29) is 5.91 Å². The summed E-state index contributed by atoms with van der Waals surface area (Å²) in [5.74, 6) is 0.150. The highest BCUT2D eigenvalue weighted by molar-refractivity contribution is 6.30. The van der Waals surface area contributed by atoms with Gasteiger partial charge in [0.2, 0.25) is 5.91 Å². The molecular formula is C17H23ClN4O. The fraction of sp³-hybridized carbons (Fsp3) is 0.529. The number of benzene rings is 1. The lowest BCUT2D eigenvalue weighted by Crippen LogP contribution is -2.50. The molecule has 1 heterocycles. The fourth-order valence-corrected chi connectivity index (χ4v) is 2.78. The molecule has 124 valence electrons. The van der Waals surface area contributed by atoms with Crippen molar-refractivity contribution in [1.82, 2.24) is 14.7 Å². The molecule has 6 heteroatoms. The van der Waals surface area contributed by atoms with E-state index >= 15 is 0 Å². The Kier molecular flexibility index (Phi) is 6.85. The molecule has 1 aromatic carbocycles. The molecule has 2 rings (SSSR count). The Bertz CT molecular complexity index is 547. The molecule has 0 bridgehead atoms. The third-order valence-corrected chi connectivity index (χ3v) is 4.31. The van der Waals surface area contributed by atoms with Gasteiger partial charge in [-0.1, -0.05) is 23.7 Å². The van der Waals surface area contributed by atoms with Crippen molar-refractivity contribution in [2.75, 3.05) is 46.3 Å². The van der Waals surface area contributed by atoms with Gasteiger partial charge in [0.15, 0.2) is 0 Å². The van der Waals surface area contributed by atoms with Crippen LogP contribution in [0.4, 0.5) is 0 Å². The number of nitriles is 1. The van der Waals surface area contributed by atoms with E-state index in [1.54, 1.807) is 0 Å². The minimum Gasteiger partial charge on any atom is -0.339 e. The van der Waals surface area contributed by atoms with Gasteiger partial charge in [0.1, 0.15) is 0 Å². The largest absolute Gasteiger partial charge is 0.339 e. The molecule has 0 spiro atoms. The van der Waals surface area contributed by atoms with Crippen LogP contribution in [0.1, 0.15) is 12.0 Å². The van der Waals surface area contributed by atoms with Gasteiger partial charge in [0, 0.05) is 50.7 Å². The number of halogens is 1. The number of hydrogen-bond donors (Lipinski definition) is 0. The summed E-state index contributed by atoms with van der Waals surface area (Å²) in [6.07, 6.45) is 0.457. The van der Waals surface area contributed by atoms with Crippen LogP contribution in [0.25, 0.3) is 0 Å². The van der Waals surface area contributed by atoms with Gasteiger partial charge in [-0.25, -0.2) is 0 Å². The standard InChI is InChI=1S/C17H23ClN4O/c1-20(8-2-7-19)14-17(23)22-11-9-21(10-12-22)13-15-3-5-16(18)6-4-15/h3-6H,2,8-14H2,1H3. The summed E-state index contributed by atoms with van der Waals surface area (Å²) in [6.45, 7) is 5.21. The molecule has 0 unspecified atom stereocenters. The van der Waals surface area contributed by atoms with E-state index < -0.39 is 0 Å². The maximum absolute atomic E-state index is 12.2. The molecule has 1 saturated heterocycles. The molecule has 1 aliphatic heterocycles. The lowest BCUT2D eigenvalue weighted by molar-refractivity contribution is -0.133. The van der Waals surface area contributed by atoms with E-state index in [0.29, 0.717) is 19.5 Å². The van der Waals surface area contributed by atoms with Gasteiger partial charge in [-0.2, -0.15) is 5.26 Å². The highest BCUT2D eigenvalue weighted by Gasteiger charge is 2.21. The Morgan fingerprint density at radius 2 is 1.91 bits per heavy atom. The van der Waals surface area contributed by atoms with Crippen molar-refractivity contribution in [2.24, 2.45) is 0 Å². The summed E-state index contributed by atoms with van der Waals surface area (Å²) in [5.41, 5.74) is 1.24. The number of carbonyl (C=O) groups excluding carboxylic acids is 1. The predicted octanol–water partition coefficient (Wildman–Crippen LogP) is 1.83. The summed E-state index contributed by atoms with van der Waals surface area (Å²) in [7, 11) is 1.88. The molecule has 1 aromatic rings. The minimum absolute atomic E-state index is 0.150. The summed E-state index contributed by atoms with van der Waals surface area (Å²) in [4.78, 5) is 18.4. The zero-order valence-electron chi connectivity index (χ0n) is 13.5. The highest BCUT2D eigenvalue weighted by atomic mass is 35.5. The molecule has 0 N–H and O–H groups in total. The predicted molar refractivity (Wildman–Crippen MR) is 91.0 cm³/mol. The van der Waals surface area contributed by atoms with E-state index in [0.717, 1.165) is 37.7 Å². The van der Waals surface area contributed by atoms with Crippen molar-refractivity contribution in [3.63, 3.8) is 0 Å². The summed E-state index contributed by atoms with van der Waals surface area (Å²) in [5, 5.41) is 9.33. The first-order valence-corrected chi connectivity index (χ1v) is 8.26. The summed E-state index contributed by atoms with van der Waals surface area (Å²) >= 11 is 5.90. The minimum atomic E-state index is 0.150. The van der Waals surface area contributed by atoms with Gasteiger partial charge in [0.25, 0.3) is 0 Å². The zero-order valence-corrected chi connectivity index (χ0v) is 14.3. The van der Waals surface area contributed by atoms with E-state index in [4.69, 9.17) is 16.9 Å². The average molecular weight is 335 g/mol. The van der Waals surface area contributed by atoms with Crippen molar-refractivity contribution < 1.29 is 4.79 Å². The molecule has 5 nitrogen and oxygen atoms in total. The third kappa shape index (κ3) is 5.83. The molecule has 0 aliphatic carbocycles. The SMILES string of the molecule is CN(CCC#N)CC(=O)N1CCN(Cc2ccc(Cl)cc2)CC1. The quantitative estimate of drug-likeness (QED) is 0.796. The van der Waals surface area contributed by atoms with Crippen LogP contribution in [0.5, 0.6) is 0 Å². The first-order chi connectivity index (χ1) is 11.1. The molecular weight excluding hydrogens is 312 g/mol. The highest BCUT2D eigenvalue weighted by Crippen LogP contribution is 2.13. The third-order valence-electron chi connectivity index (χ3n) is 4.05. The van der Waals surface area contributed by atoms with E-state index in [2.05, 4.69) is 11.0 Å². The van der Waals surface area contributed by atoms with Crippen molar-refractivity contribution in [3.05, 3.63) is 34.9 Å². The van der Waals surface area contributed by atoms with Crippen molar-refractivity contribution >= 4 is 17.5 Å². The van der Waals surface area contributed by atoms with Crippen LogP contribution < -0.4 is 0 Å². The lowest BCUT2D eigenvalue weighted by Gasteiger charge is -2.35. The molecule has 0 atom stereocenters. The van der Waals surface area contributed by atoms with Crippen LogP contribution in [-0.2, 0) is 11.3 Å². The molecule has 1 aliphatic rings. The number of rotatable bonds is 6. The van der Waals surface area contributed by atoms with E-state index in [1.807, 2.05) is 41.1 Å². The van der Waals surface area contributed by atoms with Gasteiger partial charge in [-0.05, 0) is 24.7 Å². The molecule has 0 radical (unpaired) electrons. The smallest absolute Gasteiger partial charge is 0.236 e. The Morgan fingerprint density at radius 1 is 1.26 bits per heavy atom. The Labute approximate surface area is 143 Å². The van der Waals surface area contributed by atoms with Crippen LogP contribution in [0.3, 0.4) is 0 Å². The number of nitrogens with zero attached hydrogens (tertiary/aromatic N) is 4. The van der Waals surface area contributed by atoms with Crippen LogP contribution in [0, 0.1) is 11.3 Å². The molecule has 1 amide bonds. The summed E-state index contributed by atoms with van der Waals surface area (Å²) < 4.78 is 0. The van der Waals surface area contributed by atoms with Gasteiger partial charge in [0.05, 0.1) is 12.6 Å². The first kappa shape index (κ1) is 17.7. The second-order valence-electron chi connectivity index (χ2n) is 5.93. The molecule has 0 saturated carbocycles. The normalized spacial score (nSPS) is 15.7. The maximum atomic E-state index is 12.2. The number of hydrogen-bond acceptors (Lipinski definition) is 4. The van der Waals surface area contributed by atoms with E-state index in [9.17, 15) is 4.79 Å². The first-order valence-electron chi connectivity index (χ1n) is 7.88. The molecule has 0 aromatic heterocycles. The van der Waals surface area contributed by atoms with Gasteiger partial charge in [-0.15, -0.1) is 0 Å². The van der Waals surface area contributed by atoms with Crippen LogP contribution in [0.2, 0.25) is 5.02 Å². The van der Waals surface area contributed by atoms with Gasteiger partial charge in [-0.3, -0.25) is 14.6 Å². The molecule has 23 heavy (non-hydrogen) atoms. The number of amides is 1. The number of likely N-dealkylation sites (N-methyl/N-ethyl adjacent to an activating group) is 1. The number of carbonyl (C=O) groups is 1. The lowest BCUT2D eigenvalue weighted by atomic mass is 10.2. The van der Waals surface area contributed by atoms with Crippen LogP contribution >= 0.6 is 11.6 Å². The van der Waals surface area contributed by atoms with Crippen molar-refractivity contribution in [2.45, 2.75) is 13.0 Å². The number of piperazine rings is 1. The van der Waals surface area contributed by atoms with Crippen molar-refractivity contribution in [1.29, 1.82) is 5.26 Å². The second-order valence-corrected chi connectivity index (χ2v) is 6.37. The second kappa shape index (κ2) is 8.88. The van der Waals surface area contributed by atoms with Gasteiger partial charge < -0.3 is 4.90 Å². The topological polar surface area (TPSA) is 50.6 Å². The summed E-state index contributed by atoms with van der Waals surface area (Å²) in [6, 6.07) is 10.0. The zero-order chi connectivity index (χ0) is 16.7. The fourth-order valence-electron chi connectivity index (χ4n) is 2.65. The van der Waals surface area contributed by atoms with Gasteiger partial charge >= 0.3 is 0 Å². The molecule has 1 fully saturated rings. The van der Waals surface area contributed by atoms with Crippen LogP contribution in [0.15, 0.2) is 24.3 Å². The Balaban J connectivity index is 1.74. The Morgan fingerprint density at radius 3 is 2.52 bits per heavy atom. The maximum Gasteiger partial charge on any atom is 0.236 e. The Hall–Kier alpha value is -1.61.